The summed E-state index contributed by atoms with van der Waals surface area (Å²) in [6.45, 7) is 1.71. The Labute approximate surface area is 90.2 Å². The molecule has 0 aromatic carbocycles. The molecule has 0 aromatic rings. The Morgan fingerprint density at radius 2 is 2.47 bits per heavy atom. The van der Waals surface area contributed by atoms with Crippen molar-refractivity contribution in [2.75, 3.05) is 33.4 Å². The summed E-state index contributed by atoms with van der Waals surface area (Å²) in [5, 5.41) is 9.05. The molecule has 1 rings (SSSR count). The van der Waals surface area contributed by atoms with Crippen LogP contribution in [0.4, 0.5) is 0 Å². The summed E-state index contributed by atoms with van der Waals surface area (Å²) in [4.78, 5) is 13.6. The van der Waals surface area contributed by atoms with Gasteiger partial charge in [0, 0.05) is 33.4 Å². The van der Waals surface area contributed by atoms with E-state index in [1.165, 1.54) is 7.11 Å². The van der Waals surface area contributed by atoms with E-state index in [2.05, 4.69) is 0 Å². The van der Waals surface area contributed by atoms with Crippen LogP contribution in [-0.2, 0) is 9.53 Å². The fourth-order valence-corrected chi connectivity index (χ4v) is 1.92. The SMILES string of the molecule is COC(CN)C(=O)N1CCCC(CO)C1. The molecule has 0 aromatic heterocycles. The van der Waals surface area contributed by atoms with E-state index in [0.29, 0.717) is 6.54 Å². The zero-order valence-electron chi connectivity index (χ0n) is 9.19. The number of methoxy groups -OCH3 is 1. The Balaban J connectivity index is 2.51. The molecular weight excluding hydrogens is 196 g/mol. The maximum Gasteiger partial charge on any atom is 0.253 e. The third-order valence-corrected chi connectivity index (χ3v) is 2.86. The quantitative estimate of drug-likeness (QED) is 0.644. The second kappa shape index (κ2) is 6.05. The van der Waals surface area contributed by atoms with Crippen molar-refractivity contribution in [3.8, 4) is 0 Å². The lowest BCUT2D eigenvalue weighted by Gasteiger charge is -2.33. The summed E-state index contributed by atoms with van der Waals surface area (Å²) >= 11 is 0. The van der Waals surface area contributed by atoms with Gasteiger partial charge in [0.1, 0.15) is 6.10 Å². The molecule has 1 amide bonds. The largest absolute Gasteiger partial charge is 0.396 e. The van der Waals surface area contributed by atoms with E-state index >= 15 is 0 Å². The third-order valence-electron chi connectivity index (χ3n) is 2.86. The van der Waals surface area contributed by atoms with Crippen LogP contribution in [-0.4, -0.2) is 55.4 Å². The fraction of sp³-hybridized carbons (Fsp3) is 0.900. The van der Waals surface area contributed by atoms with Gasteiger partial charge < -0.3 is 20.5 Å². The molecule has 1 heterocycles. The molecule has 5 heteroatoms. The minimum Gasteiger partial charge on any atom is -0.396 e. The Bertz CT molecular complexity index is 207. The summed E-state index contributed by atoms with van der Waals surface area (Å²) < 4.78 is 5.00. The highest BCUT2D eigenvalue weighted by molar-refractivity contribution is 5.81. The molecule has 1 aliphatic rings. The number of aliphatic hydroxyl groups is 1. The van der Waals surface area contributed by atoms with E-state index in [0.717, 1.165) is 19.4 Å². The van der Waals surface area contributed by atoms with Crippen LogP contribution < -0.4 is 5.73 Å². The van der Waals surface area contributed by atoms with Crippen molar-refractivity contribution in [3.05, 3.63) is 0 Å². The molecule has 0 spiro atoms. The number of likely N-dealkylation sites (tertiary alicyclic amines) is 1. The van der Waals surface area contributed by atoms with Crippen LogP contribution in [0, 0.1) is 5.92 Å². The standard InChI is InChI=1S/C10H20N2O3/c1-15-9(5-11)10(14)12-4-2-3-8(6-12)7-13/h8-9,13H,2-7,11H2,1H3. The molecular formula is C10H20N2O3. The number of rotatable bonds is 4. The lowest BCUT2D eigenvalue weighted by Crippen LogP contribution is -2.48. The number of carbonyl (C=O) groups is 1. The van der Waals surface area contributed by atoms with Crippen LogP contribution in [0.3, 0.4) is 0 Å². The zero-order chi connectivity index (χ0) is 11.3. The van der Waals surface area contributed by atoms with Crippen molar-refractivity contribution < 1.29 is 14.6 Å². The van der Waals surface area contributed by atoms with Gasteiger partial charge in [-0.1, -0.05) is 0 Å². The molecule has 88 valence electrons. The lowest BCUT2D eigenvalue weighted by atomic mass is 9.98. The molecule has 5 nitrogen and oxygen atoms in total. The maximum atomic E-state index is 11.9. The number of amides is 1. The maximum absolute atomic E-state index is 11.9. The van der Waals surface area contributed by atoms with E-state index in [9.17, 15) is 4.79 Å². The molecule has 0 bridgehead atoms. The van der Waals surface area contributed by atoms with E-state index in [-0.39, 0.29) is 25.0 Å². The molecule has 0 aliphatic carbocycles. The van der Waals surface area contributed by atoms with Crippen molar-refractivity contribution in [2.45, 2.75) is 18.9 Å². The van der Waals surface area contributed by atoms with Crippen molar-refractivity contribution in [1.29, 1.82) is 0 Å². The topological polar surface area (TPSA) is 75.8 Å². The highest BCUT2D eigenvalue weighted by Gasteiger charge is 2.27. The number of nitrogens with zero attached hydrogens (tertiary/aromatic N) is 1. The fourth-order valence-electron chi connectivity index (χ4n) is 1.92. The lowest BCUT2D eigenvalue weighted by molar-refractivity contribution is -0.143. The number of piperidine rings is 1. The highest BCUT2D eigenvalue weighted by atomic mass is 16.5. The van der Waals surface area contributed by atoms with Gasteiger partial charge in [-0.25, -0.2) is 0 Å². The smallest absolute Gasteiger partial charge is 0.253 e. The molecule has 2 atom stereocenters. The first-order valence-corrected chi connectivity index (χ1v) is 5.35. The predicted molar refractivity (Wildman–Crippen MR) is 56.2 cm³/mol. The molecule has 15 heavy (non-hydrogen) atoms. The number of carbonyl (C=O) groups excluding carboxylic acids is 1. The number of nitrogens with two attached hydrogens (primary N) is 1. The highest BCUT2D eigenvalue weighted by Crippen LogP contribution is 2.16. The Morgan fingerprint density at radius 1 is 1.73 bits per heavy atom. The van der Waals surface area contributed by atoms with Crippen LogP contribution in [0.25, 0.3) is 0 Å². The number of hydrogen-bond donors (Lipinski definition) is 2. The molecule has 3 N–H and O–H groups in total. The summed E-state index contributed by atoms with van der Waals surface area (Å²) in [5.74, 6) is 0.149. The summed E-state index contributed by atoms with van der Waals surface area (Å²) in [6.07, 6.45) is 1.39. The predicted octanol–water partition coefficient (Wildman–Crippen LogP) is -0.809. The summed E-state index contributed by atoms with van der Waals surface area (Å²) in [7, 11) is 1.49. The van der Waals surface area contributed by atoms with Crippen molar-refractivity contribution in [1.82, 2.24) is 4.90 Å². The van der Waals surface area contributed by atoms with Crippen LogP contribution in [0.1, 0.15) is 12.8 Å². The van der Waals surface area contributed by atoms with Crippen molar-refractivity contribution >= 4 is 5.91 Å². The molecule has 2 unspecified atom stereocenters. The first-order valence-electron chi connectivity index (χ1n) is 5.35. The molecule has 1 fully saturated rings. The van der Waals surface area contributed by atoms with Crippen LogP contribution in [0.5, 0.6) is 0 Å². The Kier molecular flexibility index (Phi) is 5.01. The van der Waals surface area contributed by atoms with E-state index in [1.54, 1.807) is 4.90 Å². The van der Waals surface area contributed by atoms with Gasteiger partial charge in [-0.05, 0) is 18.8 Å². The van der Waals surface area contributed by atoms with E-state index in [1.807, 2.05) is 0 Å². The minimum absolute atomic E-state index is 0.0573. The third kappa shape index (κ3) is 3.15. The zero-order valence-corrected chi connectivity index (χ0v) is 9.19. The van der Waals surface area contributed by atoms with Gasteiger partial charge >= 0.3 is 0 Å². The molecule has 0 saturated carbocycles. The average molecular weight is 216 g/mol. The number of aliphatic hydroxyl groups excluding tert-OH is 1. The molecule has 0 radical (unpaired) electrons. The van der Waals surface area contributed by atoms with Crippen LogP contribution in [0.15, 0.2) is 0 Å². The number of ether oxygens (including phenoxy) is 1. The van der Waals surface area contributed by atoms with E-state index in [4.69, 9.17) is 15.6 Å². The van der Waals surface area contributed by atoms with Gasteiger partial charge in [-0.15, -0.1) is 0 Å². The normalized spacial score (nSPS) is 23.9. The van der Waals surface area contributed by atoms with Gasteiger partial charge in [0.25, 0.3) is 5.91 Å². The minimum atomic E-state index is -0.539. The van der Waals surface area contributed by atoms with Crippen molar-refractivity contribution in [2.24, 2.45) is 11.7 Å². The van der Waals surface area contributed by atoms with E-state index < -0.39 is 6.10 Å². The Hall–Kier alpha value is -0.650. The summed E-state index contributed by atoms with van der Waals surface area (Å²) in [5.41, 5.74) is 5.44. The molecule has 1 aliphatic heterocycles. The van der Waals surface area contributed by atoms with Gasteiger partial charge in [0.05, 0.1) is 0 Å². The van der Waals surface area contributed by atoms with Gasteiger partial charge in [-0.3, -0.25) is 4.79 Å². The monoisotopic (exact) mass is 216 g/mol. The number of hydrogen-bond acceptors (Lipinski definition) is 4. The van der Waals surface area contributed by atoms with Crippen molar-refractivity contribution in [3.63, 3.8) is 0 Å². The van der Waals surface area contributed by atoms with Crippen LogP contribution in [0.2, 0.25) is 0 Å². The average Bonchev–Trinajstić information content (AvgIpc) is 2.30. The second-order valence-corrected chi connectivity index (χ2v) is 3.94. The Morgan fingerprint density at radius 3 is 3.00 bits per heavy atom. The second-order valence-electron chi connectivity index (χ2n) is 3.94. The van der Waals surface area contributed by atoms with Gasteiger partial charge in [-0.2, -0.15) is 0 Å². The van der Waals surface area contributed by atoms with Gasteiger partial charge in [0.15, 0.2) is 0 Å². The first-order chi connectivity index (χ1) is 7.22. The first kappa shape index (κ1) is 12.4. The van der Waals surface area contributed by atoms with Crippen LogP contribution >= 0.6 is 0 Å². The summed E-state index contributed by atoms with van der Waals surface area (Å²) in [6, 6.07) is 0. The van der Waals surface area contributed by atoms with Gasteiger partial charge in [0.2, 0.25) is 0 Å². The molecule has 1 saturated heterocycles.